The van der Waals surface area contributed by atoms with Crippen molar-refractivity contribution in [3.8, 4) is 0 Å². The Kier molecular flexibility index (Phi) is 6.75. The number of piperidine rings is 1. The van der Waals surface area contributed by atoms with Crippen LogP contribution in [0.2, 0.25) is 0 Å². The van der Waals surface area contributed by atoms with Gasteiger partial charge in [0, 0.05) is 31.9 Å². The maximum Gasteiger partial charge on any atom is 0.419 e. The number of likely N-dealkylation sites (tertiary alicyclic amines) is 1. The van der Waals surface area contributed by atoms with Crippen molar-refractivity contribution in [1.29, 1.82) is 0 Å². The van der Waals surface area contributed by atoms with Gasteiger partial charge in [-0.2, -0.15) is 18.3 Å². The number of fused-ring (bicyclic) bond motifs is 2. The molecule has 5 rings (SSSR count). The van der Waals surface area contributed by atoms with Gasteiger partial charge in [0.15, 0.2) is 5.84 Å². The molecule has 0 aromatic heterocycles. The van der Waals surface area contributed by atoms with Crippen molar-refractivity contribution >= 4 is 17.6 Å². The zero-order chi connectivity index (χ0) is 27.3. The van der Waals surface area contributed by atoms with Gasteiger partial charge in [-0.05, 0) is 51.7 Å². The maximum atomic E-state index is 14.8. The lowest BCUT2D eigenvalue weighted by atomic mass is 9.89. The summed E-state index contributed by atoms with van der Waals surface area (Å²) in [4.78, 5) is 20.2. The standard InChI is InChI=1S/C26H31F4N5O3/c1-16(17-4-3-5-19(21(17)27)26(28,29)30)32-23(36)18-14-20(34-10-6-24(2,37)7-11-34)33-35-22(18)31-15-25(35)8-12-38-13-9-25/h3-5,14,16,37H,6-13,15H2,1-2H3,(H,32,36)/t16-/m1/s1. The van der Waals surface area contributed by atoms with Gasteiger partial charge in [-0.15, -0.1) is 0 Å². The Balaban J connectivity index is 1.44. The van der Waals surface area contributed by atoms with E-state index >= 15 is 0 Å². The largest absolute Gasteiger partial charge is 0.419 e. The average molecular weight is 538 g/mol. The smallest absolute Gasteiger partial charge is 0.390 e. The SMILES string of the molecule is C[C@@H](NC(=O)C1=CC(N2CCC(C)(O)CC2)=NN2C1=NCC21CCOCC1)c1cccc(C(F)(F)F)c1F. The van der Waals surface area contributed by atoms with Crippen LogP contribution >= 0.6 is 0 Å². The number of benzene rings is 1. The number of nitrogens with zero attached hydrogens (tertiary/aromatic N) is 4. The van der Waals surface area contributed by atoms with Crippen molar-refractivity contribution in [3.05, 3.63) is 46.8 Å². The van der Waals surface area contributed by atoms with Gasteiger partial charge in [-0.1, -0.05) is 12.1 Å². The van der Waals surface area contributed by atoms with Crippen LogP contribution in [0.5, 0.6) is 0 Å². The van der Waals surface area contributed by atoms with Gasteiger partial charge < -0.3 is 20.1 Å². The van der Waals surface area contributed by atoms with E-state index in [-0.39, 0.29) is 11.1 Å². The number of nitrogens with one attached hydrogen (secondary N) is 1. The molecular weight excluding hydrogens is 506 g/mol. The molecule has 206 valence electrons. The minimum atomic E-state index is -4.85. The Labute approximate surface area is 218 Å². The number of hydrazone groups is 1. The van der Waals surface area contributed by atoms with E-state index < -0.39 is 40.6 Å². The van der Waals surface area contributed by atoms with Crippen molar-refractivity contribution < 1.29 is 32.2 Å². The van der Waals surface area contributed by atoms with Crippen molar-refractivity contribution in [2.45, 2.75) is 62.9 Å². The number of ether oxygens (including phenoxy) is 1. The zero-order valence-corrected chi connectivity index (χ0v) is 21.3. The van der Waals surface area contributed by atoms with Gasteiger partial charge in [-0.3, -0.25) is 9.79 Å². The number of amides is 1. The molecule has 0 radical (unpaired) electrons. The molecule has 1 aromatic carbocycles. The first kappa shape index (κ1) is 26.6. The van der Waals surface area contributed by atoms with E-state index in [2.05, 4.69) is 10.3 Å². The predicted molar refractivity (Wildman–Crippen MR) is 132 cm³/mol. The van der Waals surface area contributed by atoms with Crippen molar-refractivity contribution in [1.82, 2.24) is 15.2 Å². The molecule has 1 amide bonds. The summed E-state index contributed by atoms with van der Waals surface area (Å²) in [5.41, 5.74) is -2.63. The molecule has 4 heterocycles. The highest BCUT2D eigenvalue weighted by Gasteiger charge is 2.48. The molecule has 1 spiro atoms. The first-order valence-electron chi connectivity index (χ1n) is 12.8. The van der Waals surface area contributed by atoms with Crippen LogP contribution in [0.15, 0.2) is 39.9 Å². The normalized spacial score (nSPS) is 23.4. The monoisotopic (exact) mass is 537 g/mol. The van der Waals surface area contributed by atoms with Crippen LogP contribution in [0.25, 0.3) is 0 Å². The molecule has 38 heavy (non-hydrogen) atoms. The number of halogens is 4. The van der Waals surface area contributed by atoms with Gasteiger partial charge in [0.2, 0.25) is 0 Å². The van der Waals surface area contributed by atoms with Crippen molar-refractivity contribution in [2.75, 3.05) is 32.8 Å². The first-order valence-corrected chi connectivity index (χ1v) is 12.8. The lowest BCUT2D eigenvalue weighted by Gasteiger charge is -2.43. The predicted octanol–water partition coefficient (Wildman–Crippen LogP) is 3.39. The van der Waals surface area contributed by atoms with E-state index in [4.69, 9.17) is 9.84 Å². The quantitative estimate of drug-likeness (QED) is 0.578. The van der Waals surface area contributed by atoms with Crippen LogP contribution in [0.3, 0.4) is 0 Å². The van der Waals surface area contributed by atoms with Gasteiger partial charge in [-0.25, -0.2) is 9.40 Å². The van der Waals surface area contributed by atoms with Gasteiger partial charge in [0.1, 0.15) is 11.7 Å². The number of rotatable bonds is 3. The van der Waals surface area contributed by atoms with Crippen molar-refractivity contribution in [2.24, 2.45) is 10.1 Å². The summed E-state index contributed by atoms with van der Waals surface area (Å²) < 4.78 is 60.0. The number of carbonyl (C=O) groups excluding carboxylic acids is 1. The van der Waals surface area contributed by atoms with Crippen LogP contribution in [0, 0.1) is 5.82 Å². The number of hydrogen-bond acceptors (Lipinski definition) is 7. The second kappa shape index (κ2) is 9.64. The second-order valence-corrected chi connectivity index (χ2v) is 10.7. The Morgan fingerprint density at radius 1 is 1.18 bits per heavy atom. The van der Waals surface area contributed by atoms with Gasteiger partial charge in [0.25, 0.3) is 5.91 Å². The molecule has 4 aliphatic heterocycles. The molecule has 4 aliphatic rings. The molecule has 0 aliphatic carbocycles. The molecule has 0 bridgehead atoms. The molecule has 1 atom stereocenters. The number of carbonyl (C=O) groups is 1. The summed E-state index contributed by atoms with van der Waals surface area (Å²) in [6, 6.07) is 1.99. The summed E-state index contributed by atoms with van der Waals surface area (Å²) in [6.45, 7) is 5.81. The van der Waals surface area contributed by atoms with E-state index in [1.54, 1.807) is 18.0 Å². The van der Waals surface area contributed by atoms with Crippen LogP contribution in [0.1, 0.15) is 56.7 Å². The maximum absolute atomic E-state index is 14.8. The molecular formula is C26H31F4N5O3. The third kappa shape index (κ3) is 4.91. The Hall–Kier alpha value is -2.99. The molecule has 8 nitrogen and oxygen atoms in total. The average Bonchev–Trinajstić information content (AvgIpc) is 3.20. The lowest BCUT2D eigenvalue weighted by Crippen LogP contribution is -2.54. The lowest BCUT2D eigenvalue weighted by molar-refractivity contribution is -0.140. The van der Waals surface area contributed by atoms with E-state index in [0.717, 1.165) is 6.07 Å². The molecule has 12 heteroatoms. The topological polar surface area (TPSA) is 89.8 Å². The number of alkyl halides is 3. The number of aliphatic imine (C=N–C) groups is 1. The minimum absolute atomic E-state index is 0.218. The van der Waals surface area contributed by atoms with E-state index in [1.165, 1.54) is 13.0 Å². The summed E-state index contributed by atoms with van der Waals surface area (Å²) in [6.07, 6.45) is -0.811. The fourth-order valence-electron chi connectivity index (χ4n) is 5.37. The van der Waals surface area contributed by atoms with Gasteiger partial charge in [0.05, 0.1) is 34.9 Å². The van der Waals surface area contributed by atoms with E-state index in [0.29, 0.717) is 76.3 Å². The summed E-state index contributed by atoms with van der Waals surface area (Å²) >= 11 is 0. The molecule has 2 saturated heterocycles. The Bertz CT molecular complexity index is 1190. The van der Waals surface area contributed by atoms with Crippen LogP contribution in [0.4, 0.5) is 17.6 Å². The second-order valence-electron chi connectivity index (χ2n) is 10.7. The Morgan fingerprint density at radius 2 is 1.87 bits per heavy atom. The molecule has 0 saturated carbocycles. The van der Waals surface area contributed by atoms with E-state index in [9.17, 15) is 27.5 Å². The molecule has 2 fully saturated rings. The summed E-state index contributed by atoms with van der Waals surface area (Å²) in [5.74, 6) is -1.06. The highest BCUT2D eigenvalue weighted by Crippen LogP contribution is 2.38. The fourth-order valence-corrected chi connectivity index (χ4v) is 5.37. The number of amidine groups is 2. The van der Waals surface area contributed by atoms with Crippen LogP contribution in [-0.2, 0) is 15.7 Å². The third-order valence-electron chi connectivity index (χ3n) is 7.87. The molecule has 2 N–H and O–H groups in total. The zero-order valence-electron chi connectivity index (χ0n) is 21.3. The van der Waals surface area contributed by atoms with Gasteiger partial charge >= 0.3 is 6.18 Å². The van der Waals surface area contributed by atoms with E-state index in [1.807, 2.05) is 4.90 Å². The first-order chi connectivity index (χ1) is 17.9. The fraction of sp³-hybridized carbons (Fsp3) is 0.577. The minimum Gasteiger partial charge on any atom is -0.390 e. The number of aliphatic hydroxyl groups is 1. The van der Waals surface area contributed by atoms with Crippen molar-refractivity contribution in [3.63, 3.8) is 0 Å². The summed E-state index contributed by atoms with van der Waals surface area (Å²) in [5, 5.41) is 19.7. The Morgan fingerprint density at radius 3 is 2.53 bits per heavy atom. The highest BCUT2D eigenvalue weighted by molar-refractivity contribution is 6.26. The molecule has 0 unspecified atom stereocenters. The number of hydrogen-bond donors (Lipinski definition) is 2. The molecule has 1 aromatic rings. The third-order valence-corrected chi connectivity index (χ3v) is 7.87. The summed E-state index contributed by atoms with van der Waals surface area (Å²) in [7, 11) is 0. The van der Waals surface area contributed by atoms with Crippen LogP contribution in [-0.4, -0.2) is 76.6 Å². The van der Waals surface area contributed by atoms with Crippen LogP contribution < -0.4 is 5.32 Å². The highest BCUT2D eigenvalue weighted by atomic mass is 19.4.